The van der Waals surface area contributed by atoms with E-state index in [0.717, 1.165) is 25.4 Å². The molecule has 0 amide bonds. The van der Waals surface area contributed by atoms with Crippen molar-refractivity contribution in [1.82, 2.24) is 4.90 Å². The number of hydrogen-bond acceptors (Lipinski definition) is 2. The molecule has 0 aromatic carbocycles. The van der Waals surface area contributed by atoms with E-state index < -0.39 is 0 Å². The minimum atomic E-state index is -0.0593. The summed E-state index contributed by atoms with van der Waals surface area (Å²) >= 11 is 0. The van der Waals surface area contributed by atoms with Gasteiger partial charge in [-0.3, -0.25) is 0 Å². The summed E-state index contributed by atoms with van der Waals surface area (Å²) in [5.74, 6) is 1.35. The number of hydrogen-bond donors (Lipinski definition) is 1. The molecule has 0 heterocycles. The topological polar surface area (TPSA) is 23.5 Å². The third-order valence-corrected chi connectivity index (χ3v) is 4.34. The van der Waals surface area contributed by atoms with Gasteiger partial charge in [0, 0.05) is 12.6 Å². The minimum Gasteiger partial charge on any atom is -0.393 e. The van der Waals surface area contributed by atoms with Crippen molar-refractivity contribution in [2.45, 2.75) is 71.9 Å². The van der Waals surface area contributed by atoms with E-state index in [1.165, 1.54) is 25.7 Å². The quantitative estimate of drug-likeness (QED) is 0.771. The molecular formula is C15H31NO. The van der Waals surface area contributed by atoms with Gasteiger partial charge in [0.15, 0.2) is 0 Å². The molecule has 102 valence electrons. The van der Waals surface area contributed by atoms with Crippen molar-refractivity contribution in [2.24, 2.45) is 11.8 Å². The highest BCUT2D eigenvalue weighted by molar-refractivity contribution is 4.82. The third-order valence-electron chi connectivity index (χ3n) is 4.34. The van der Waals surface area contributed by atoms with E-state index in [1.54, 1.807) is 0 Å². The molecule has 1 rings (SSSR count). The molecule has 1 N–H and O–H groups in total. The summed E-state index contributed by atoms with van der Waals surface area (Å²) < 4.78 is 0. The highest BCUT2D eigenvalue weighted by atomic mass is 16.3. The maximum atomic E-state index is 10.2. The van der Waals surface area contributed by atoms with E-state index in [0.29, 0.717) is 12.0 Å². The predicted octanol–water partition coefficient (Wildman–Crippen LogP) is 3.29. The Bertz CT molecular complexity index is 205. The lowest BCUT2D eigenvalue weighted by atomic mass is 9.78. The smallest absolute Gasteiger partial charge is 0.0580 e. The zero-order valence-electron chi connectivity index (χ0n) is 12.2. The lowest BCUT2D eigenvalue weighted by molar-refractivity contribution is 0.0210. The molecular weight excluding hydrogens is 210 g/mol. The fourth-order valence-corrected chi connectivity index (χ4v) is 3.06. The van der Waals surface area contributed by atoms with Crippen LogP contribution >= 0.6 is 0 Å². The predicted molar refractivity (Wildman–Crippen MR) is 74.1 cm³/mol. The Balaban J connectivity index is 2.50. The normalized spacial score (nSPS) is 30.2. The highest BCUT2D eigenvalue weighted by Crippen LogP contribution is 2.32. The van der Waals surface area contributed by atoms with Crippen molar-refractivity contribution in [3.63, 3.8) is 0 Å². The fourth-order valence-electron chi connectivity index (χ4n) is 3.06. The molecule has 1 aliphatic carbocycles. The molecule has 2 nitrogen and oxygen atoms in total. The molecule has 1 saturated carbocycles. The Hall–Kier alpha value is -0.0800. The number of rotatable bonds is 6. The second-order valence-electron chi connectivity index (χ2n) is 6.00. The van der Waals surface area contributed by atoms with Crippen LogP contribution in [-0.2, 0) is 0 Å². The second-order valence-corrected chi connectivity index (χ2v) is 6.00. The van der Waals surface area contributed by atoms with Crippen LogP contribution in [-0.4, -0.2) is 35.2 Å². The van der Waals surface area contributed by atoms with Crippen LogP contribution < -0.4 is 0 Å². The van der Waals surface area contributed by atoms with Crippen LogP contribution in [0.4, 0.5) is 0 Å². The summed E-state index contributed by atoms with van der Waals surface area (Å²) in [7, 11) is 0. The van der Waals surface area contributed by atoms with Gasteiger partial charge in [-0.05, 0) is 57.9 Å². The fraction of sp³-hybridized carbons (Fsp3) is 1.00. The van der Waals surface area contributed by atoms with Gasteiger partial charge in [0.2, 0.25) is 0 Å². The summed E-state index contributed by atoms with van der Waals surface area (Å²) in [4.78, 5) is 2.53. The van der Waals surface area contributed by atoms with Crippen molar-refractivity contribution in [3.05, 3.63) is 0 Å². The SMILES string of the molecule is CCCN(CC1CC(CC)CCC1O)C(C)C. The monoisotopic (exact) mass is 241 g/mol. The van der Waals surface area contributed by atoms with Gasteiger partial charge < -0.3 is 10.0 Å². The average molecular weight is 241 g/mol. The third kappa shape index (κ3) is 4.59. The van der Waals surface area contributed by atoms with Gasteiger partial charge in [0.25, 0.3) is 0 Å². The second kappa shape index (κ2) is 7.38. The van der Waals surface area contributed by atoms with Crippen molar-refractivity contribution in [3.8, 4) is 0 Å². The van der Waals surface area contributed by atoms with Crippen LogP contribution in [0.3, 0.4) is 0 Å². The minimum absolute atomic E-state index is 0.0593. The van der Waals surface area contributed by atoms with E-state index in [-0.39, 0.29) is 6.10 Å². The van der Waals surface area contributed by atoms with E-state index in [1.807, 2.05) is 0 Å². The zero-order valence-corrected chi connectivity index (χ0v) is 12.2. The van der Waals surface area contributed by atoms with Crippen LogP contribution in [0.2, 0.25) is 0 Å². The van der Waals surface area contributed by atoms with Gasteiger partial charge in [-0.15, -0.1) is 0 Å². The first-order valence-corrected chi connectivity index (χ1v) is 7.50. The molecule has 0 aliphatic heterocycles. The Morgan fingerprint density at radius 3 is 2.47 bits per heavy atom. The van der Waals surface area contributed by atoms with Crippen molar-refractivity contribution < 1.29 is 5.11 Å². The summed E-state index contributed by atoms with van der Waals surface area (Å²) in [6.07, 6.45) is 5.89. The molecule has 3 unspecified atom stereocenters. The maximum absolute atomic E-state index is 10.2. The van der Waals surface area contributed by atoms with Gasteiger partial charge >= 0.3 is 0 Å². The van der Waals surface area contributed by atoms with Crippen molar-refractivity contribution in [1.29, 1.82) is 0 Å². The van der Waals surface area contributed by atoms with Gasteiger partial charge in [-0.1, -0.05) is 20.3 Å². The molecule has 0 bridgehead atoms. The van der Waals surface area contributed by atoms with Gasteiger partial charge in [-0.25, -0.2) is 0 Å². The summed E-state index contributed by atoms with van der Waals surface area (Å²) in [6, 6.07) is 0.601. The zero-order chi connectivity index (χ0) is 12.8. The van der Waals surface area contributed by atoms with Crippen molar-refractivity contribution >= 4 is 0 Å². The standard InChI is InChI=1S/C15H31NO/c1-5-9-16(12(3)4)11-14-10-13(6-2)7-8-15(14)17/h12-15,17H,5-11H2,1-4H3. The van der Waals surface area contributed by atoms with Crippen LogP contribution in [0.5, 0.6) is 0 Å². The average Bonchev–Trinajstić information content (AvgIpc) is 2.31. The Morgan fingerprint density at radius 2 is 1.94 bits per heavy atom. The number of aliphatic hydroxyl groups is 1. The molecule has 2 heteroatoms. The van der Waals surface area contributed by atoms with Crippen LogP contribution in [0.15, 0.2) is 0 Å². The van der Waals surface area contributed by atoms with Gasteiger partial charge in [0.05, 0.1) is 6.10 Å². The largest absolute Gasteiger partial charge is 0.393 e. The molecule has 3 atom stereocenters. The van der Waals surface area contributed by atoms with E-state index in [4.69, 9.17) is 0 Å². The Labute approximate surface area is 107 Å². The Kier molecular flexibility index (Phi) is 6.50. The Morgan fingerprint density at radius 1 is 1.24 bits per heavy atom. The molecule has 17 heavy (non-hydrogen) atoms. The summed E-state index contributed by atoms with van der Waals surface area (Å²) in [5.41, 5.74) is 0. The molecule has 0 radical (unpaired) electrons. The van der Waals surface area contributed by atoms with E-state index >= 15 is 0 Å². The van der Waals surface area contributed by atoms with Gasteiger partial charge in [0.1, 0.15) is 0 Å². The van der Waals surface area contributed by atoms with Crippen LogP contribution in [0, 0.1) is 11.8 Å². The number of nitrogens with zero attached hydrogens (tertiary/aromatic N) is 1. The first kappa shape index (κ1) is 15.0. The van der Waals surface area contributed by atoms with Crippen LogP contribution in [0.25, 0.3) is 0 Å². The number of aliphatic hydroxyl groups excluding tert-OH is 1. The lowest BCUT2D eigenvalue weighted by Crippen LogP contribution is -2.42. The molecule has 0 saturated heterocycles. The molecule has 1 fully saturated rings. The molecule has 0 spiro atoms. The van der Waals surface area contributed by atoms with E-state index in [9.17, 15) is 5.11 Å². The first-order chi connectivity index (χ1) is 8.08. The molecule has 0 aromatic rings. The van der Waals surface area contributed by atoms with Crippen LogP contribution in [0.1, 0.15) is 59.8 Å². The van der Waals surface area contributed by atoms with Crippen molar-refractivity contribution in [2.75, 3.05) is 13.1 Å². The first-order valence-electron chi connectivity index (χ1n) is 7.50. The molecule has 0 aromatic heterocycles. The van der Waals surface area contributed by atoms with E-state index in [2.05, 4.69) is 32.6 Å². The summed E-state index contributed by atoms with van der Waals surface area (Å²) in [5, 5.41) is 10.2. The van der Waals surface area contributed by atoms with Gasteiger partial charge in [-0.2, -0.15) is 0 Å². The lowest BCUT2D eigenvalue weighted by Gasteiger charge is -2.37. The summed E-state index contributed by atoms with van der Waals surface area (Å²) in [6.45, 7) is 11.3. The highest BCUT2D eigenvalue weighted by Gasteiger charge is 2.29. The molecule has 1 aliphatic rings. The maximum Gasteiger partial charge on any atom is 0.0580 e.